The molecule has 2 aromatic heterocycles. The minimum Gasteiger partial charge on any atom is -0.328 e. The first-order valence-electron chi connectivity index (χ1n) is 11.2. The number of pyridine rings is 1. The Morgan fingerprint density at radius 3 is 2.81 bits per heavy atom. The van der Waals surface area contributed by atoms with Gasteiger partial charge in [-0.25, -0.2) is 4.98 Å². The standard InChI is InChI=1S/C25H27N5O2/c1-17-6-8-19(9-7-17)25(32)30-12-3-5-22(30)23-27-21-16-29(13-10-20(21)24(31)28-23)15-18-4-2-11-26-14-18/h2,4,6-9,11,14,22H,3,5,10,12-13,15-16H2,1H3,(H,27,28,31). The first-order valence-corrected chi connectivity index (χ1v) is 11.2. The third-order valence-electron chi connectivity index (χ3n) is 6.43. The normalized spacial score (nSPS) is 18.5. The van der Waals surface area contributed by atoms with Crippen molar-refractivity contribution >= 4 is 5.91 Å². The summed E-state index contributed by atoms with van der Waals surface area (Å²) >= 11 is 0. The van der Waals surface area contributed by atoms with Crippen LogP contribution in [0.15, 0.2) is 53.6 Å². The number of amides is 1. The van der Waals surface area contributed by atoms with E-state index < -0.39 is 0 Å². The summed E-state index contributed by atoms with van der Waals surface area (Å²) in [5.41, 5.74) is 4.47. The number of fused-ring (bicyclic) bond motifs is 1. The molecule has 0 radical (unpaired) electrons. The number of carbonyl (C=O) groups excluding carboxylic acids is 1. The molecule has 0 aliphatic carbocycles. The molecule has 4 heterocycles. The van der Waals surface area contributed by atoms with Gasteiger partial charge in [0.1, 0.15) is 5.82 Å². The van der Waals surface area contributed by atoms with E-state index in [4.69, 9.17) is 4.98 Å². The Morgan fingerprint density at radius 1 is 1.19 bits per heavy atom. The Hall–Kier alpha value is -3.32. The molecular weight excluding hydrogens is 402 g/mol. The zero-order valence-corrected chi connectivity index (χ0v) is 18.3. The van der Waals surface area contributed by atoms with Crippen molar-refractivity contribution in [3.8, 4) is 0 Å². The number of nitrogens with zero attached hydrogens (tertiary/aromatic N) is 4. The zero-order chi connectivity index (χ0) is 22.1. The molecule has 1 saturated heterocycles. The van der Waals surface area contributed by atoms with Gasteiger partial charge < -0.3 is 9.88 Å². The van der Waals surface area contributed by atoms with Gasteiger partial charge in [0.05, 0.1) is 11.7 Å². The molecule has 1 atom stereocenters. The number of H-pyrrole nitrogens is 1. The van der Waals surface area contributed by atoms with Gasteiger partial charge in [0.2, 0.25) is 0 Å². The van der Waals surface area contributed by atoms with Crippen molar-refractivity contribution < 1.29 is 4.79 Å². The van der Waals surface area contributed by atoms with Crippen LogP contribution in [0.4, 0.5) is 0 Å². The second kappa shape index (κ2) is 8.67. The largest absolute Gasteiger partial charge is 0.328 e. The number of hydrogen-bond acceptors (Lipinski definition) is 5. The molecule has 7 nitrogen and oxygen atoms in total. The second-order valence-electron chi connectivity index (χ2n) is 8.72. The predicted molar refractivity (Wildman–Crippen MR) is 121 cm³/mol. The van der Waals surface area contributed by atoms with Crippen LogP contribution >= 0.6 is 0 Å². The molecule has 1 N–H and O–H groups in total. The van der Waals surface area contributed by atoms with Crippen LogP contribution in [-0.4, -0.2) is 43.7 Å². The van der Waals surface area contributed by atoms with Crippen LogP contribution in [0, 0.1) is 6.92 Å². The Labute approximate surface area is 187 Å². The molecule has 32 heavy (non-hydrogen) atoms. The summed E-state index contributed by atoms with van der Waals surface area (Å²) in [4.78, 5) is 42.2. The summed E-state index contributed by atoms with van der Waals surface area (Å²) in [7, 11) is 0. The maximum absolute atomic E-state index is 13.2. The summed E-state index contributed by atoms with van der Waals surface area (Å²) in [6.07, 6.45) is 6.02. The highest BCUT2D eigenvalue weighted by atomic mass is 16.2. The molecule has 5 rings (SSSR count). The number of hydrogen-bond donors (Lipinski definition) is 1. The molecule has 0 spiro atoms. The lowest BCUT2D eigenvalue weighted by Crippen LogP contribution is -2.37. The molecule has 3 aromatic rings. The Morgan fingerprint density at radius 2 is 2.03 bits per heavy atom. The van der Waals surface area contributed by atoms with Crippen LogP contribution in [0.25, 0.3) is 0 Å². The molecule has 1 unspecified atom stereocenters. The Balaban J connectivity index is 1.39. The number of nitrogens with one attached hydrogen (secondary N) is 1. The van der Waals surface area contributed by atoms with Gasteiger partial charge in [-0.1, -0.05) is 23.8 Å². The van der Waals surface area contributed by atoms with Gasteiger partial charge in [-0.15, -0.1) is 0 Å². The quantitative estimate of drug-likeness (QED) is 0.689. The van der Waals surface area contributed by atoms with Crippen molar-refractivity contribution in [1.29, 1.82) is 0 Å². The summed E-state index contributed by atoms with van der Waals surface area (Å²) in [6, 6.07) is 11.4. The van der Waals surface area contributed by atoms with Gasteiger partial charge in [0, 0.05) is 49.7 Å². The summed E-state index contributed by atoms with van der Waals surface area (Å²) in [5, 5.41) is 0. The third-order valence-corrected chi connectivity index (χ3v) is 6.43. The third kappa shape index (κ3) is 4.08. The summed E-state index contributed by atoms with van der Waals surface area (Å²) in [6.45, 7) is 4.89. The molecule has 1 amide bonds. The highest BCUT2D eigenvalue weighted by Crippen LogP contribution is 2.31. The van der Waals surface area contributed by atoms with Crippen LogP contribution in [-0.2, 0) is 19.5 Å². The highest BCUT2D eigenvalue weighted by Gasteiger charge is 2.33. The van der Waals surface area contributed by atoms with E-state index >= 15 is 0 Å². The van der Waals surface area contributed by atoms with Crippen molar-refractivity contribution in [1.82, 2.24) is 24.8 Å². The molecule has 1 fully saturated rings. The van der Waals surface area contributed by atoms with Gasteiger partial charge in [0.15, 0.2) is 0 Å². The predicted octanol–water partition coefficient (Wildman–Crippen LogP) is 3.01. The molecule has 1 aromatic carbocycles. The summed E-state index contributed by atoms with van der Waals surface area (Å²) < 4.78 is 0. The molecule has 164 valence electrons. The maximum atomic E-state index is 13.2. The fourth-order valence-electron chi connectivity index (χ4n) is 4.71. The number of aromatic amines is 1. The lowest BCUT2D eigenvalue weighted by Gasteiger charge is -2.29. The van der Waals surface area contributed by atoms with Crippen LogP contribution in [0.5, 0.6) is 0 Å². The number of carbonyl (C=O) groups is 1. The monoisotopic (exact) mass is 429 g/mol. The van der Waals surface area contributed by atoms with E-state index in [1.807, 2.05) is 48.4 Å². The first-order chi connectivity index (χ1) is 15.6. The fraction of sp³-hybridized carbons (Fsp3) is 0.360. The number of benzene rings is 1. The van der Waals surface area contributed by atoms with Crippen molar-refractivity contribution in [2.45, 2.75) is 45.3 Å². The van der Waals surface area contributed by atoms with Crippen molar-refractivity contribution in [3.63, 3.8) is 0 Å². The number of aromatic nitrogens is 3. The molecule has 0 bridgehead atoms. The topological polar surface area (TPSA) is 82.2 Å². The van der Waals surface area contributed by atoms with Crippen LogP contribution in [0.2, 0.25) is 0 Å². The van der Waals surface area contributed by atoms with E-state index in [0.29, 0.717) is 30.9 Å². The molecule has 2 aliphatic heterocycles. The van der Waals surface area contributed by atoms with Crippen molar-refractivity contribution in [2.75, 3.05) is 13.1 Å². The van der Waals surface area contributed by atoms with E-state index in [0.717, 1.165) is 48.3 Å². The minimum absolute atomic E-state index is 0.00826. The van der Waals surface area contributed by atoms with E-state index in [1.54, 1.807) is 6.20 Å². The number of aryl methyl sites for hydroxylation is 1. The van der Waals surface area contributed by atoms with E-state index in [2.05, 4.69) is 20.9 Å². The number of likely N-dealkylation sites (tertiary alicyclic amines) is 1. The van der Waals surface area contributed by atoms with Gasteiger partial charge in [-0.3, -0.25) is 19.5 Å². The van der Waals surface area contributed by atoms with Gasteiger partial charge in [-0.05, 0) is 49.9 Å². The second-order valence-corrected chi connectivity index (χ2v) is 8.72. The zero-order valence-electron chi connectivity index (χ0n) is 18.3. The van der Waals surface area contributed by atoms with Crippen LogP contribution < -0.4 is 5.56 Å². The maximum Gasteiger partial charge on any atom is 0.254 e. The lowest BCUT2D eigenvalue weighted by molar-refractivity contribution is 0.0729. The lowest BCUT2D eigenvalue weighted by atomic mass is 10.0. The minimum atomic E-state index is -0.199. The average molecular weight is 430 g/mol. The van der Waals surface area contributed by atoms with Gasteiger partial charge in [0.25, 0.3) is 11.5 Å². The summed E-state index contributed by atoms with van der Waals surface area (Å²) in [5.74, 6) is 0.598. The Bertz CT molecular complexity index is 1170. The highest BCUT2D eigenvalue weighted by molar-refractivity contribution is 5.94. The van der Waals surface area contributed by atoms with Crippen molar-refractivity contribution in [2.24, 2.45) is 0 Å². The van der Waals surface area contributed by atoms with Crippen LogP contribution in [0.1, 0.15) is 57.5 Å². The van der Waals surface area contributed by atoms with Gasteiger partial charge >= 0.3 is 0 Å². The van der Waals surface area contributed by atoms with E-state index in [1.165, 1.54) is 0 Å². The van der Waals surface area contributed by atoms with Crippen molar-refractivity contribution in [3.05, 3.63) is 92.9 Å². The Kier molecular flexibility index (Phi) is 5.57. The average Bonchev–Trinajstić information content (AvgIpc) is 3.29. The molecule has 0 saturated carbocycles. The number of rotatable bonds is 4. The van der Waals surface area contributed by atoms with E-state index in [9.17, 15) is 9.59 Å². The van der Waals surface area contributed by atoms with Crippen LogP contribution in [0.3, 0.4) is 0 Å². The molecule has 7 heteroatoms. The fourth-order valence-corrected chi connectivity index (χ4v) is 4.71. The van der Waals surface area contributed by atoms with Gasteiger partial charge in [-0.2, -0.15) is 0 Å². The first kappa shape index (κ1) is 20.6. The molecular formula is C25H27N5O2. The molecule has 2 aliphatic rings. The smallest absolute Gasteiger partial charge is 0.254 e. The van der Waals surface area contributed by atoms with E-state index in [-0.39, 0.29) is 17.5 Å². The SMILES string of the molecule is Cc1ccc(C(=O)N2CCCC2c2nc3c(c(=O)[nH]2)CCN(Cc2cccnc2)C3)cc1.